The van der Waals surface area contributed by atoms with Crippen molar-refractivity contribution in [1.29, 1.82) is 0 Å². The lowest BCUT2D eigenvalue weighted by atomic mass is 9.88. The summed E-state index contributed by atoms with van der Waals surface area (Å²) in [4.78, 5) is 11.7. The van der Waals surface area contributed by atoms with Gasteiger partial charge in [-0.25, -0.2) is 0 Å². The van der Waals surface area contributed by atoms with Crippen molar-refractivity contribution in [2.24, 2.45) is 17.8 Å². The molecule has 3 rings (SSSR count). The number of aliphatic hydroxyl groups excluding tert-OH is 2. The summed E-state index contributed by atoms with van der Waals surface area (Å²) in [6, 6.07) is 8.24. The van der Waals surface area contributed by atoms with Crippen LogP contribution in [0.5, 0.6) is 0 Å². The number of hydrogen-bond donors (Lipinski definition) is 3. The van der Waals surface area contributed by atoms with Gasteiger partial charge in [0.25, 0.3) is 0 Å². The normalized spacial score (nSPS) is 26.1. The molecule has 0 bridgehead atoms. The van der Waals surface area contributed by atoms with Gasteiger partial charge in [0, 0.05) is 25.3 Å². The van der Waals surface area contributed by atoms with E-state index in [4.69, 9.17) is 0 Å². The number of fused-ring (bicyclic) bond motifs is 1. The first-order valence-electron chi connectivity index (χ1n) is 12.0. The van der Waals surface area contributed by atoms with Gasteiger partial charge >= 0.3 is 0 Å². The van der Waals surface area contributed by atoms with Crippen LogP contribution in [-0.4, -0.2) is 34.9 Å². The van der Waals surface area contributed by atoms with Gasteiger partial charge in [-0.3, -0.25) is 4.79 Å². The molecule has 0 radical (unpaired) electrons. The van der Waals surface area contributed by atoms with Crippen LogP contribution >= 0.6 is 0 Å². The first kappa shape index (κ1) is 23.7. The van der Waals surface area contributed by atoms with Gasteiger partial charge in [0.2, 0.25) is 5.91 Å². The minimum Gasteiger partial charge on any atom is -0.392 e. The summed E-state index contributed by atoms with van der Waals surface area (Å²) < 4.78 is 0. The fourth-order valence-electron chi connectivity index (χ4n) is 5.19. The highest BCUT2D eigenvalue weighted by Gasteiger charge is 2.43. The van der Waals surface area contributed by atoms with Crippen molar-refractivity contribution in [3.8, 4) is 0 Å². The van der Waals surface area contributed by atoms with Crippen LogP contribution in [0.2, 0.25) is 0 Å². The fourth-order valence-corrected chi connectivity index (χ4v) is 5.19. The molecule has 0 saturated heterocycles. The summed E-state index contributed by atoms with van der Waals surface area (Å²) in [6.45, 7) is 4.89. The topological polar surface area (TPSA) is 69.6 Å². The molecular weight excluding hydrogens is 386 g/mol. The van der Waals surface area contributed by atoms with Gasteiger partial charge in [-0.2, -0.15) is 0 Å². The summed E-state index contributed by atoms with van der Waals surface area (Å²) in [6.07, 6.45) is 12.5. The molecule has 31 heavy (non-hydrogen) atoms. The highest BCUT2D eigenvalue weighted by Crippen LogP contribution is 2.48. The van der Waals surface area contributed by atoms with Gasteiger partial charge in [-0.1, -0.05) is 60.6 Å². The van der Waals surface area contributed by atoms with E-state index in [-0.39, 0.29) is 17.9 Å². The molecule has 1 fully saturated rings. The monoisotopic (exact) mass is 425 g/mol. The molecule has 2 aliphatic carbocycles. The molecule has 0 aliphatic heterocycles. The van der Waals surface area contributed by atoms with E-state index in [1.807, 2.05) is 18.2 Å². The Kier molecular flexibility index (Phi) is 8.91. The molecule has 5 atom stereocenters. The molecule has 1 saturated carbocycles. The predicted molar refractivity (Wildman–Crippen MR) is 126 cm³/mol. The minimum absolute atomic E-state index is 0.116. The minimum atomic E-state index is -0.527. The lowest BCUT2D eigenvalue weighted by Crippen LogP contribution is -2.23. The Balaban J connectivity index is 1.44. The Morgan fingerprint density at radius 3 is 2.94 bits per heavy atom. The average Bonchev–Trinajstić information content (AvgIpc) is 3.24. The maximum Gasteiger partial charge on any atom is 0.219 e. The Hall–Kier alpha value is -1.91. The molecule has 4 nitrogen and oxygen atoms in total. The van der Waals surface area contributed by atoms with Crippen molar-refractivity contribution in [3.05, 3.63) is 59.2 Å². The maximum absolute atomic E-state index is 11.7. The third kappa shape index (κ3) is 7.05. The molecule has 0 heterocycles. The Morgan fingerprint density at radius 2 is 2.16 bits per heavy atom. The van der Waals surface area contributed by atoms with Crippen LogP contribution in [0.25, 0.3) is 0 Å². The van der Waals surface area contributed by atoms with E-state index in [1.165, 1.54) is 11.1 Å². The molecular formula is C27H39NO3. The van der Waals surface area contributed by atoms with Gasteiger partial charge in [0.15, 0.2) is 0 Å². The molecule has 3 N–H and O–H groups in total. The second-order valence-corrected chi connectivity index (χ2v) is 9.44. The van der Waals surface area contributed by atoms with Gasteiger partial charge in [0.1, 0.15) is 0 Å². The van der Waals surface area contributed by atoms with Crippen LogP contribution in [0.4, 0.5) is 0 Å². The number of carbonyl (C=O) groups is 1. The number of aryl methyl sites for hydroxylation is 1. The molecule has 2 aliphatic rings. The molecule has 4 heteroatoms. The predicted octanol–water partition coefficient (Wildman–Crippen LogP) is 4.48. The maximum atomic E-state index is 11.7. The Labute approximate surface area is 187 Å². The molecule has 0 unspecified atom stereocenters. The number of nitrogens with one attached hydrogen (secondary N) is 1. The highest BCUT2D eigenvalue weighted by atomic mass is 16.3. The first-order valence-corrected chi connectivity index (χ1v) is 12.0. The summed E-state index contributed by atoms with van der Waals surface area (Å²) in [5.41, 5.74) is 3.82. The zero-order valence-corrected chi connectivity index (χ0v) is 19.1. The SMILES string of the molecule is CCCNC(=O)CCCCC1=C[C@H]2C[C@@H](O)[C@H](C=C[C@@H](O)Cc3cccc(C)c3)[C@H]2C1. The van der Waals surface area contributed by atoms with Crippen molar-refractivity contribution in [2.75, 3.05) is 6.54 Å². The van der Waals surface area contributed by atoms with Crippen LogP contribution < -0.4 is 5.32 Å². The van der Waals surface area contributed by atoms with Gasteiger partial charge in [0.05, 0.1) is 12.2 Å². The largest absolute Gasteiger partial charge is 0.392 e. The lowest BCUT2D eigenvalue weighted by Gasteiger charge is -2.19. The van der Waals surface area contributed by atoms with Crippen molar-refractivity contribution < 1.29 is 15.0 Å². The summed E-state index contributed by atoms with van der Waals surface area (Å²) in [5, 5.41) is 24.0. The molecule has 1 aromatic rings. The van der Waals surface area contributed by atoms with Crippen molar-refractivity contribution in [3.63, 3.8) is 0 Å². The van der Waals surface area contributed by atoms with E-state index in [1.54, 1.807) is 0 Å². The van der Waals surface area contributed by atoms with E-state index in [9.17, 15) is 15.0 Å². The van der Waals surface area contributed by atoms with Gasteiger partial charge in [-0.15, -0.1) is 0 Å². The van der Waals surface area contributed by atoms with Crippen LogP contribution in [0, 0.1) is 24.7 Å². The molecule has 1 amide bonds. The average molecular weight is 426 g/mol. The Morgan fingerprint density at radius 1 is 1.32 bits per heavy atom. The Bertz CT molecular complexity index is 784. The van der Waals surface area contributed by atoms with Crippen LogP contribution in [0.15, 0.2) is 48.1 Å². The fraction of sp³-hybridized carbons (Fsp3) is 0.593. The van der Waals surface area contributed by atoms with Crippen molar-refractivity contribution in [2.45, 2.75) is 77.4 Å². The molecule has 170 valence electrons. The van der Waals surface area contributed by atoms with E-state index in [0.29, 0.717) is 24.7 Å². The lowest BCUT2D eigenvalue weighted by molar-refractivity contribution is -0.121. The number of unbranched alkanes of at least 4 members (excludes halogenated alkanes) is 1. The second kappa shape index (κ2) is 11.6. The third-order valence-corrected chi connectivity index (χ3v) is 6.76. The number of aliphatic hydroxyl groups is 2. The molecule has 0 aromatic heterocycles. The first-order chi connectivity index (χ1) is 15.0. The van der Waals surface area contributed by atoms with Crippen LogP contribution in [-0.2, 0) is 11.2 Å². The highest BCUT2D eigenvalue weighted by molar-refractivity contribution is 5.75. The zero-order valence-electron chi connectivity index (χ0n) is 19.1. The summed E-state index contributed by atoms with van der Waals surface area (Å²) >= 11 is 0. The molecule has 1 aromatic carbocycles. The summed E-state index contributed by atoms with van der Waals surface area (Å²) in [5.74, 6) is 1.17. The summed E-state index contributed by atoms with van der Waals surface area (Å²) in [7, 11) is 0. The van der Waals surface area contributed by atoms with E-state index >= 15 is 0 Å². The number of amides is 1. The van der Waals surface area contributed by atoms with Crippen LogP contribution in [0.3, 0.4) is 0 Å². The van der Waals surface area contributed by atoms with Crippen molar-refractivity contribution >= 4 is 5.91 Å². The third-order valence-electron chi connectivity index (χ3n) is 6.76. The number of benzene rings is 1. The number of rotatable bonds is 11. The quantitative estimate of drug-likeness (QED) is 0.361. The van der Waals surface area contributed by atoms with Gasteiger partial charge in [-0.05, 0) is 62.8 Å². The van der Waals surface area contributed by atoms with E-state index < -0.39 is 6.10 Å². The smallest absolute Gasteiger partial charge is 0.219 e. The number of hydrogen-bond acceptors (Lipinski definition) is 3. The van der Waals surface area contributed by atoms with Gasteiger partial charge < -0.3 is 15.5 Å². The van der Waals surface area contributed by atoms with E-state index in [2.05, 4.69) is 43.4 Å². The van der Waals surface area contributed by atoms with Crippen LogP contribution in [0.1, 0.15) is 63.0 Å². The number of allylic oxidation sites excluding steroid dienone is 2. The van der Waals surface area contributed by atoms with E-state index in [0.717, 1.165) is 50.6 Å². The standard InChI is InChI=1S/C27H39NO3/c1-3-13-28-27(31)10-5-4-8-21-15-22-18-26(30)24(25(22)17-21)12-11-23(29)16-20-9-6-7-19(2)14-20/h6-7,9,11-12,14-15,22-26,29-30H,3-5,8,10,13,16-18H2,1-2H3,(H,28,31)/t22-,23+,24+,25-,26+/m0/s1. The van der Waals surface area contributed by atoms with Crippen molar-refractivity contribution in [1.82, 2.24) is 5.32 Å². The zero-order chi connectivity index (χ0) is 22.2. The second-order valence-electron chi connectivity index (χ2n) is 9.44. The molecule has 0 spiro atoms. The number of carbonyl (C=O) groups excluding carboxylic acids is 1.